The number of ether oxygens (including phenoxy) is 1. The van der Waals surface area contributed by atoms with Gasteiger partial charge in [-0.05, 0) is 94.4 Å². The molecule has 4 aliphatic rings. The van der Waals surface area contributed by atoms with Gasteiger partial charge in [0.2, 0.25) is 11.8 Å². The van der Waals surface area contributed by atoms with Crippen molar-refractivity contribution in [3.63, 3.8) is 0 Å². The number of rotatable bonds is 6. The van der Waals surface area contributed by atoms with Crippen molar-refractivity contribution in [3.8, 4) is 0 Å². The molecule has 5 rings (SSSR count). The van der Waals surface area contributed by atoms with Crippen molar-refractivity contribution in [1.29, 1.82) is 0 Å². The molecule has 6 nitrogen and oxygen atoms in total. The molecule has 4 fully saturated rings. The Kier molecular flexibility index (Phi) is 5.36. The van der Waals surface area contributed by atoms with Crippen LogP contribution in [0.15, 0.2) is 24.3 Å². The van der Waals surface area contributed by atoms with Gasteiger partial charge in [-0.15, -0.1) is 0 Å². The van der Waals surface area contributed by atoms with E-state index < -0.39 is 6.04 Å². The summed E-state index contributed by atoms with van der Waals surface area (Å²) >= 11 is 0. The van der Waals surface area contributed by atoms with Crippen LogP contribution in [0.3, 0.4) is 0 Å². The quantitative estimate of drug-likeness (QED) is 0.718. The van der Waals surface area contributed by atoms with Crippen LogP contribution in [0.25, 0.3) is 0 Å². The molecule has 2 N–H and O–H groups in total. The van der Waals surface area contributed by atoms with Crippen LogP contribution in [0.4, 0.5) is 5.69 Å². The van der Waals surface area contributed by atoms with Crippen molar-refractivity contribution in [2.24, 2.45) is 23.2 Å². The number of carbonyl (C=O) groups is 3. The van der Waals surface area contributed by atoms with Crippen molar-refractivity contribution in [1.82, 2.24) is 5.32 Å². The van der Waals surface area contributed by atoms with Gasteiger partial charge in [-0.1, -0.05) is 0 Å². The standard InChI is InChI=1S/C23H30N2O4/c1-3-29-21(27)18-4-6-19(7-5-18)25-20(26)14(2)24-22(28)23-11-15-8-16(12-23)10-17(9-15)13-23/h4-7,14-17H,3,8-13H2,1-2H3,(H,24,28)(H,25,26)/t14-,15?,16?,17?,23?/m0/s1. The number of carbonyl (C=O) groups excluding carboxylic acids is 3. The molecule has 0 unspecified atom stereocenters. The zero-order valence-corrected chi connectivity index (χ0v) is 17.2. The van der Waals surface area contributed by atoms with Gasteiger partial charge >= 0.3 is 5.97 Å². The van der Waals surface area contributed by atoms with Crippen LogP contribution in [-0.2, 0) is 14.3 Å². The minimum absolute atomic E-state index is 0.0527. The van der Waals surface area contributed by atoms with E-state index in [0.717, 1.165) is 19.3 Å². The van der Waals surface area contributed by atoms with E-state index in [1.165, 1.54) is 19.3 Å². The van der Waals surface area contributed by atoms with E-state index in [1.54, 1.807) is 38.1 Å². The molecule has 0 aromatic heterocycles. The Bertz CT molecular complexity index is 766. The molecular weight excluding hydrogens is 368 g/mol. The summed E-state index contributed by atoms with van der Waals surface area (Å²) in [5, 5.41) is 5.79. The third kappa shape index (κ3) is 4.02. The lowest BCUT2D eigenvalue weighted by Crippen LogP contribution is -2.56. The minimum atomic E-state index is -0.611. The van der Waals surface area contributed by atoms with E-state index in [2.05, 4.69) is 10.6 Å². The van der Waals surface area contributed by atoms with E-state index in [4.69, 9.17) is 4.74 Å². The van der Waals surface area contributed by atoms with Gasteiger partial charge in [0.1, 0.15) is 6.04 Å². The maximum absolute atomic E-state index is 13.1. The Morgan fingerprint density at radius 1 is 1.03 bits per heavy atom. The predicted molar refractivity (Wildman–Crippen MR) is 109 cm³/mol. The first-order valence-electron chi connectivity index (χ1n) is 10.8. The second-order valence-corrected chi connectivity index (χ2v) is 9.18. The fourth-order valence-corrected chi connectivity index (χ4v) is 5.96. The van der Waals surface area contributed by atoms with E-state index >= 15 is 0 Å². The number of benzene rings is 1. The number of anilines is 1. The first-order chi connectivity index (χ1) is 13.9. The topological polar surface area (TPSA) is 84.5 Å². The molecule has 2 amide bonds. The van der Waals surface area contributed by atoms with Crippen LogP contribution in [0.1, 0.15) is 62.7 Å². The smallest absolute Gasteiger partial charge is 0.338 e. The lowest BCUT2D eigenvalue weighted by Gasteiger charge is -2.55. The van der Waals surface area contributed by atoms with Gasteiger partial charge in [0.15, 0.2) is 0 Å². The fourth-order valence-electron chi connectivity index (χ4n) is 5.96. The Hall–Kier alpha value is -2.37. The summed E-state index contributed by atoms with van der Waals surface area (Å²) in [5.74, 6) is 1.47. The Morgan fingerprint density at radius 2 is 1.59 bits per heavy atom. The third-order valence-corrected chi connectivity index (χ3v) is 6.92. The molecule has 29 heavy (non-hydrogen) atoms. The average Bonchev–Trinajstić information content (AvgIpc) is 2.67. The first kappa shape index (κ1) is 19.9. The molecule has 4 aliphatic carbocycles. The largest absolute Gasteiger partial charge is 0.462 e. The molecule has 0 saturated heterocycles. The summed E-state index contributed by atoms with van der Waals surface area (Å²) in [6, 6.07) is 5.95. The number of hydrogen-bond acceptors (Lipinski definition) is 4. The maximum atomic E-state index is 13.1. The maximum Gasteiger partial charge on any atom is 0.338 e. The van der Waals surface area contributed by atoms with Crippen LogP contribution < -0.4 is 10.6 Å². The summed E-state index contributed by atoms with van der Waals surface area (Å²) < 4.78 is 4.96. The summed E-state index contributed by atoms with van der Waals surface area (Å²) in [7, 11) is 0. The lowest BCUT2D eigenvalue weighted by atomic mass is 9.49. The first-order valence-corrected chi connectivity index (χ1v) is 10.8. The zero-order valence-electron chi connectivity index (χ0n) is 17.2. The van der Waals surface area contributed by atoms with Crippen molar-refractivity contribution >= 4 is 23.5 Å². The SMILES string of the molecule is CCOC(=O)c1ccc(NC(=O)[C@H](C)NC(=O)C23CC4CC(CC(C4)C2)C3)cc1. The fraction of sp³-hybridized carbons (Fsp3) is 0.609. The van der Waals surface area contributed by atoms with Gasteiger partial charge in [-0.2, -0.15) is 0 Å². The second-order valence-electron chi connectivity index (χ2n) is 9.18. The van der Waals surface area contributed by atoms with Crippen LogP contribution in [-0.4, -0.2) is 30.4 Å². The van der Waals surface area contributed by atoms with E-state index in [1.807, 2.05) is 0 Å². The number of amides is 2. The molecule has 156 valence electrons. The zero-order chi connectivity index (χ0) is 20.6. The third-order valence-electron chi connectivity index (χ3n) is 6.92. The van der Waals surface area contributed by atoms with E-state index in [0.29, 0.717) is 35.6 Å². The van der Waals surface area contributed by atoms with Gasteiger partial charge in [-0.25, -0.2) is 4.79 Å². The van der Waals surface area contributed by atoms with Crippen LogP contribution in [0.5, 0.6) is 0 Å². The molecular formula is C23H30N2O4. The number of esters is 1. The van der Waals surface area contributed by atoms with Gasteiger partial charge in [0, 0.05) is 11.1 Å². The van der Waals surface area contributed by atoms with Crippen molar-refractivity contribution in [3.05, 3.63) is 29.8 Å². The van der Waals surface area contributed by atoms with E-state index in [9.17, 15) is 14.4 Å². The van der Waals surface area contributed by atoms with Crippen molar-refractivity contribution < 1.29 is 19.1 Å². The second kappa shape index (κ2) is 7.81. The molecule has 0 heterocycles. The van der Waals surface area contributed by atoms with Gasteiger partial charge in [0.05, 0.1) is 12.2 Å². The van der Waals surface area contributed by atoms with Crippen LogP contribution in [0, 0.1) is 23.2 Å². The van der Waals surface area contributed by atoms with Crippen molar-refractivity contribution in [2.45, 2.75) is 58.4 Å². The molecule has 1 atom stereocenters. The molecule has 1 aromatic carbocycles. The van der Waals surface area contributed by atoms with E-state index in [-0.39, 0.29) is 23.2 Å². The van der Waals surface area contributed by atoms with Crippen LogP contribution in [0.2, 0.25) is 0 Å². The lowest BCUT2D eigenvalue weighted by molar-refractivity contribution is -0.147. The Labute approximate surface area is 171 Å². The van der Waals surface area contributed by atoms with Crippen LogP contribution >= 0.6 is 0 Å². The summed E-state index contributed by atoms with van der Waals surface area (Å²) in [4.78, 5) is 37.4. The summed E-state index contributed by atoms with van der Waals surface area (Å²) in [6.45, 7) is 3.80. The summed E-state index contributed by atoms with van der Waals surface area (Å²) in [5.41, 5.74) is 0.761. The molecule has 4 saturated carbocycles. The van der Waals surface area contributed by atoms with Gasteiger partial charge in [0.25, 0.3) is 0 Å². The highest BCUT2D eigenvalue weighted by atomic mass is 16.5. The molecule has 1 aromatic rings. The highest BCUT2D eigenvalue weighted by Crippen LogP contribution is 2.60. The number of nitrogens with one attached hydrogen (secondary N) is 2. The molecule has 0 radical (unpaired) electrons. The Morgan fingerprint density at radius 3 is 2.10 bits per heavy atom. The predicted octanol–water partition coefficient (Wildman–Crippen LogP) is 3.52. The molecule has 0 aliphatic heterocycles. The van der Waals surface area contributed by atoms with Crippen molar-refractivity contribution in [2.75, 3.05) is 11.9 Å². The minimum Gasteiger partial charge on any atom is -0.462 e. The Balaban J connectivity index is 1.34. The highest BCUT2D eigenvalue weighted by molar-refractivity contribution is 5.98. The highest BCUT2D eigenvalue weighted by Gasteiger charge is 2.54. The number of hydrogen-bond donors (Lipinski definition) is 2. The average molecular weight is 399 g/mol. The van der Waals surface area contributed by atoms with Gasteiger partial charge in [-0.3, -0.25) is 9.59 Å². The monoisotopic (exact) mass is 398 g/mol. The molecule has 6 heteroatoms. The molecule has 4 bridgehead atoms. The summed E-state index contributed by atoms with van der Waals surface area (Å²) in [6.07, 6.45) is 6.79. The molecule has 0 spiro atoms. The van der Waals surface area contributed by atoms with Gasteiger partial charge < -0.3 is 15.4 Å². The normalized spacial score (nSPS) is 30.5.